The van der Waals surface area contributed by atoms with Crippen LogP contribution in [0.4, 0.5) is 0 Å². The number of amides is 1. The van der Waals surface area contributed by atoms with Crippen LogP contribution in [0.5, 0.6) is 0 Å². The minimum Gasteiger partial charge on any atom is -0.383 e. The molecule has 1 aliphatic heterocycles. The van der Waals surface area contributed by atoms with Crippen LogP contribution in [0.25, 0.3) is 0 Å². The summed E-state index contributed by atoms with van der Waals surface area (Å²) in [6, 6.07) is 0. The molecule has 0 aromatic heterocycles. The van der Waals surface area contributed by atoms with Gasteiger partial charge in [0.2, 0.25) is 0 Å². The van der Waals surface area contributed by atoms with Crippen molar-refractivity contribution < 1.29 is 14.6 Å². The number of methoxy groups -OCH3 is 1. The Morgan fingerprint density at radius 3 is 2.88 bits per heavy atom. The number of piperidine rings is 1. The van der Waals surface area contributed by atoms with Crippen LogP contribution < -0.4 is 0 Å². The van der Waals surface area contributed by atoms with Crippen molar-refractivity contribution >= 4 is 5.91 Å². The Bertz CT molecular complexity index is 260. The summed E-state index contributed by atoms with van der Waals surface area (Å²) < 4.78 is 4.98. The molecule has 1 amide bonds. The van der Waals surface area contributed by atoms with Gasteiger partial charge in [-0.2, -0.15) is 0 Å². The van der Waals surface area contributed by atoms with Crippen LogP contribution in [0, 0.1) is 0 Å². The molecule has 1 rings (SSSR count). The number of likely N-dealkylation sites (N-methyl/N-ethyl adjacent to an activating group) is 1. The molecule has 1 saturated heterocycles. The van der Waals surface area contributed by atoms with Crippen LogP contribution in [0.2, 0.25) is 0 Å². The summed E-state index contributed by atoms with van der Waals surface area (Å²) in [6.07, 6.45) is 1.41. The Labute approximate surface area is 103 Å². The lowest BCUT2D eigenvalue weighted by atomic mass is 9.91. The van der Waals surface area contributed by atoms with Crippen LogP contribution in [-0.2, 0) is 9.53 Å². The first kappa shape index (κ1) is 14.4. The van der Waals surface area contributed by atoms with E-state index < -0.39 is 5.60 Å². The normalized spacial score (nSPS) is 25.7. The summed E-state index contributed by atoms with van der Waals surface area (Å²) in [7, 11) is 3.53. The Morgan fingerprint density at radius 1 is 1.59 bits per heavy atom. The highest BCUT2D eigenvalue weighted by atomic mass is 16.5. The van der Waals surface area contributed by atoms with E-state index in [0.29, 0.717) is 26.1 Å². The number of aliphatic hydroxyl groups is 1. The van der Waals surface area contributed by atoms with Crippen LogP contribution >= 0.6 is 0 Å². The van der Waals surface area contributed by atoms with Crippen LogP contribution in [0.3, 0.4) is 0 Å². The maximum Gasteiger partial charge on any atom is 0.255 e. The lowest BCUT2D eigenvalue weighted by molar-refractivity contribution is -0.159. The Morgan fingerprint density at radius 2 is 2.29 bits per heavy atom. The standard InChI is InChI=1S/C12H24N2O3/c1-4-13(2)10-12(16)6-5-7-14(11(12)15)8-9-17-3/h16H,4-10H2,1-3H3. The molecule has 0 radical (unpaired) electrons. The first-order valence-electron chi connectivity index (χ1n) is 6.22. The largest absolute Gasteiger partial charge is 0.383 e. The molecule has 0 aliphatic carbocycles. The van der Waals surface area contributed by atoms with Gasteiger partial charge in [0.15, 0.2) is 5.60 Å². The van der Waals surface area contributed by atoms with E-state index in [0.717, 1.165) is 19.5 Å². The van der Waals surface area contributed by atoms with Crippen molar-refractivity contribution in [2.75, 3.05) is 46.9 Å². The molecular formula is C12H24N2O3. The second-order valence-electron chi connectivity index (χ2n) is 4.75. The zero-order valence-electron chi connectivity index (χ0n) is 11.1. The van der Waals surface area contributed by atoms with Gasteiger partial charge in [-0.15, -0.1) is 0 Å². The number of hydrogen-bond donors (Lipinski definition) is 1. The zero-order chi connectivity index (χ0) is 12.9. The number of hydrogen-bond acceptors (Lipinski definition) is 4. The summed E-state index contributed by atoms with van der Waals surface area (Å²) >= 11 is 0. The number of likely N-dealkylation sites (tertiary alicyclic amines) is 1. The van der Waals surface area contributed by atoms with Gasteiger partial charge in [-0.3, -0.25) is 4.79 Å². The Hall–Kier alpha value is -0.650. The maximum absolute atomic E-state index is 12.2. The van der Waals surface area contributed by atoms with Crippen molar-refractivity contribution in [2.45, 2.75) is 25.4 Å². The highest BCUT2D eigenvalue weighted by molar-refractivity contribution is 5.86. The van der Waals surface area contributed by atoms with Crippen LogP contribution in [0.15, 0.2) is 0 Å². The van der Waals surface area contributed by atoms with Crippen LogP contribution in [0.1, 0.15) is 19.8 Å². The van der Waals surface area contributed by atoms with Crippen molar-refractivity contribution in [3.05, 3.63) is 0 Å². The average Bonchev–Trinajstić information content (AvgIpc) is 2.31. The van der Waals surface area contributed by atoms with Crippen molar-refractivity contribution in [2.24, 2.45) is 0 Å². The third kappa shape index (κ3) is 3.66. The monoisotopic (exact) mass is 244 g/mol. The molecule has 5 heteroatoms. The lowest BCUT2D eigenvalue weighted by Crippen LogP contribution is -2.58. The van der Waals surface area contributed by atoms with Gasteiger partial charge >= 0.3 is 0 Å². The fourth-order valence-electron chi connectivity index (χ4n) is 2.19. The highest BCUT2D eigenvalue weighted by Gasteiger charge is 2.42. The molecule has 5 nitrogen and oxygen atoms in total. The fraction of sp³-hybridized carbons (Fsp3) is 0.917. The maximum atomic E-state index is 12.2. The van der Waals surface area contributed by atoms with Gasteiger partial charge in [-0.05, 0) is 26.4 Å². The molecule has 1 atom stereocenters. The predicted molar refractivity (Wildman–Crippen MR) is 65.8 cm³/mol. The highest BCUT2D eigenvalue weighted by Crippen LogP contribution is 2.23. The molecule has 17 heavy (non-hydrogen) atoms. The van der Waals surface area contributed by atoms with E-state index in [-0.39, 0.29) is 5.91 Å². The van der Waals surface area contributed by atoms with E-state index in [1.165, 1.54) is 0 Å². The van der Waals surface area contributed by atoms with Crippen molar-refractivity contribution in [1.82, 2.24) is 9.80 Å². The number of nitrogens with zero attached hydrogens (tertiary/aromatic N) is 2. The van der Waals surface area contributed by atoms with E-state index in [1.807, 2.05) is 18.9 Å². The Kier molecular flexibility index (Phi) is 5.36. The molecule has 0 aromatic rings. The molecule has 0 saturated carbocycles. The van der Waals surface area contributed by atoms with Gasteiger partial charge < -0.3 is 19.6 Å². The predicted octanol–water partition coefficient (Wildman–Crippen LogP) is -0.0620. The topological polar surface area (TPSA) is 53.0 Å². The molecule has 100 valence electrons. The van der Waals surface area contributed by atoms with Gasteiger partial charge in [0.1, 0.15) is 0 Å². The minimum absolute atomic E-state index is 0.152. The molecular weight excluding hydrogens is 220 g/mol. The quantitative estimate of drug-likeness (QED) is 0.711. The number of carbonyl (C=O) groups is 1. The van der Waals surface area contributed by atoms with E-state index in [4.69, 9.17) is 4.74 Å². The minimum atomic E-state index is -1.21. The molecule has 1 aliphatic rings. The number of ether oxygens (including phenoxy) is 1. The van der Waals surface area contributed by atoms with Crippen LogP contribution in [-0.4, -0.2) is 73.4 Å². The second-order valence-corrected chi connectivity index (χ2v) is 4.75. The second kappa shape index (κ2) is 6.33. The van der Waals surface area contributed by atoms with Gasteiger partial charge in [-0.1, -0.05) is 6.92 Å². The summed E-state index contributed by atoms with van der Waals surface area (Å²) in [6.45, 7) is 5.05. The van der Waals surface area contributed by atoms with Crippen molar-refractivity contribution in [3.8, 4) is 0 Å². The molecule has 1 N–H and O–H groups in total. The third-order valence-electron chi connectivity index (χ3n) is 3.34. The Balaban J connectivity index is 2.62. The summed E-state index contributed by atoms with van der Waals surface area (Å²) in [5.41, 5.74) is -1.21. The van der Waals surface area contributed by atoms with Crippen molar-refractivity contribution in [1.29, 1.82) is 0 Å². The van der Waals surface area contributed by atoms with Gasteiger partial charge in [-0.25, -0.2) is 0 Å². The molecule has 1 fully saturated rings. The van der Waals surface area contributed by atoms with E-state index in [1.54, 1.807) is 12.0 Å². The lowest BCUT2D eigenvalue weighted by Gasteiger charge is -2.39. The van der Waals surface area contributed by atoms with Crippen molar-refractivity contribution in [3.63, 3.8) is 0 Å². The van der Waals surface area contributed by atoms with Gasteiger partial charge in [0.25, 0.3) is 5.91 Å². The number of rotatable bonds is 6. The molecule has 0 spiro atoms. The first-order chi connectivity index (χ1) is 8.03. The smallest absolute Gasteiger partial charge is 0.255 e. The van der Waals surface area contributed by atoms with Gasteiger partial charge in [0, 0.05) is 26.7 Å². The average molecular weight is 244 g/mol. The third-order valence-corrected chi connectivity index (χ3v) is 3.34. The van der Waals surface area contributed by atoms with Gasteiger partial charge in [0.05, 0.1) is 6.61 Å². The fourth-order valence-corrected chi connectivity index (χ4v) is 2.19. The molecule has 0 aromatic carbocycles. The number of carbonyl (C=O) groups excluding carboxylic acids is 1. The molecule has 0 bridgehead atoms. The summed E-state index contributed by atoms with van der Waals surface area (Å²) in [4.78, 5) is 15.9. The van der Waals surface area contributed by atoms with E-state index in [2.05, 4.69) is 0 Å². The van der Waals surface area contributed by atoms with E-state index >= 15 is 0 Å². The molecule has 1 heterocycles. The molecule has 1 unspecified atom stereocenters. The first-order valence-corrected chi connectivity index (χ1v) is 6.22. The summed E-state index contributed by atoms with van der Waals surface area (Å²) in [5.74, 6) is -0.152. The zero-order valence-corrected chi connectivity index (χ0v) is 11.1. The van der Waals surface area contributed by atoms with E-state index in [9.17, 15) is 9.90 Å². The summed E-state index contributed by atoms with van der Waals surface area (Å²) in [5, 5.41) is 10.4. The SMILES string of the molecule is CCN(C)CC1(O)CCCN(CCOC)C1=O.